The van der Waals surface area contributed by atoms with Gasteiger partial charge in [0, 0.05) is 24.2 Å². The average molecular weight is 284 g/mol. The highest BCUT2D eigenvalue weighted by molar-refractivity contribution is 5.90. The molecule has 0 aliphatic heterocycles. The summed E-state index contributed by atoms with van der Waals surface area (Å²) >= 11 is 0. The summed E-state index contributed by atoms with van der Waals surface area (Å²) in [4.78, 5) is 34.3. The second kappa shape index (κ2) is 6.34. The highest BCUT2D eigenvalue weighted by atomic mass is 16.2. The van der Waals surface area contributed by atoms with Gasteiger partial charge in [0.15, 0.2) is 0 Å². The number of carbonyl (C=O) groups is 1. The predicted molar refractivity (Wildman–Crippen MR) is 75.7 cm³/mol. The molecular formula is C14H12N4O3. The number of benzene rings is 1. The number of hydrogen-bond acceptors (Lipinski definition) is 4. The number of amides is 1. The summed E-state index contributed by atoms with van der Waals surface area (Å²) in [6, 6.07) is 10.7. The average Bonchev–Trinajstić information content (AvgIpc) is 2.49. The number of anilines is 1. The van der Waals surface area contributed by atoms with Gasteiger partial charge in [0.25, 0.3) is 11.1 Å². The van der Waals surface area contributed by atoms with E-state index in [1.54, 1.807) is 24.3 Å². The molecule has 1 amide bonds. The zero-order valence-electron chi connectivity index (χ0n) is 11.0. The monoisotopic (exact) mass is 284 g/mol. The lowest BCUT2D eigenvalue weighted by Gasteiger charge is -2.06. The first-order chi connectivity index (χ1) is 10.1. The van der Waals surface area contributed by atoms with Gasteiger partial charge in [0.2, 0.25) is 5.91 Å². The van der Waals surface area contributed by atoms with Crippen molar-refractivity contribution < 1.29 is 4.79 Å². The van der Waals surface area contributed by atoms with Crippen molar-refractivity contribution in [3.63, 3.8) is 0 Å². The Morgan fingerprint density at radius 3 is 2.57 bits per heavy atom. The Morgan fingerprint density at radius 2 is 1.90 bits per heavy atom. The number of aryl methyl sites for hydroxylation is 1. The van der Waals surface area contributed by atoms with Gasteiger partial charge in [-0.25, -0.2) is 4.68 Å². The zero-order chi connectivity index (χ0) is 15.2. The van der Waals surface area contributed by atoms with Crippen LogP contribution in [0.25, 0.3) is 0 Å². The van der Waals surface area contributed by atoms with E-state index in [2.05, 4.69) is 10.4 Å². The van der Waals surface area contributed by atoms with Crippen LogP contribution in [0.4, 0.5) is 5.69 Å². The fourth-order valence-electron chi connectivity index (χ4n) is 1.69. The summed E-state index contributed by atoms with van der Waals surface area (Å²) in [6.07, 6.45) is 0.0415. The number of carbonyl (C=O) groups excluding carboxylic acids is 1. The van der Waals surface area contributed by atoms with Crippen LogP contribution in [0.1, 0.15) is 12.0 Å². The third-order valence-electron chi connectivity index (χ3n) is 2.75. The maximum Gasteiger partial charge on any atom is 0.265 e. The van der Waals surface area contributed by atoms with E-state index in [4.69, 9.17) is 5.26 Å². The van der Waals surface area contributed by atoms with Crippen LogP contribution in [0.5, 0.6) is 0 Å². The summed E-state index contributed by atoms with van der Waals surface area (Å²) in [7, 11) is 0. The van der Waals surface area contributed by atoms with Gasteiger partial charge >= 0.3 is 0 Å². The van der Waals surface area contributed by atoms with Gasteiger partial charge in [-0.05, 0) is 24.3 Å². The van der Waals surface area contributed by atoms with Crippen molar-refractivity contribution in [3.05, 3.63) is 62.7 Å². The smallest absolute Gasteiger partial charge is 0.265 e. The zero-order valence-corrected chi connectivity index (χ0v) is 11.0. The van der Waals surface area contributed by atoms with Gasteiger partial charge < -0.3 is 5.32 Å². The Balaban J connectivity index is 1.95. The molecule has 7 nitrogen and oxygen atoms in total. The fraction of sp³-hybridized carbons (Fsp3) is 0.143. The van der Waals surface area contributed by atoms with Gasteiger partial charge in [0.05, 0.1) is 18.2 Å². The van der Waals surface area contributed by atoms with Gasteiger partial charge in [-0.2, -0.15) is 5.26 Å². The van der Waals surface area contributed by atoms with Crippen molar-refractivity contribution in [2.24, 2.45) is 0 Å². The SMILES string of the molecule is N#Cc1ccc(NC(=O)CCn2[nH]c(=O)ccc2=O)cc1. The van der Waals surface area contributed by atoms with E-state index in [0.717, 1.165) is 16.8 Å². The van der Waals surface area contributed by atoms with Crippen LogP contribution in [0.15, 0.2) is 46.0 Å². The number of nitriles is 1. The Bertz CT molecular complexity index is 796. The van der Waals surface area contributed by atoms with Crippen molar-refractivity contribution in [1.82, 2.24) is 9.78 Å². The topological polar surface area (TPSA) is 108 Å². The first-order valence-electron chi connectivity index (χ1n) is 6.19. The number of nitrogens with one attached hydrogen (secondary N) is 2. The molecule has 1 heterocycles. The molecule has 0 aliphatic carbocycles. The molecule has 2 N–H and O–H groups in total. The second-order valence-electron chi connectivity index (χ2n) is 4.29. The third kappa shape index (κ3) is 3.91. The molecule has 0 spiro atoms. The lowest BCUT2D eigenvalue weighted by Crippen LogP contribution is -2.29. The van der Waals surface area contributed by atoms with Crippen LogP contribution < -0.4 is 16.4 Å². The lowest BCUT2D eigenvalue weighted by atomic mass is 10.2. The van der Waals surface area contributed by atoms with Crippen LogP contribution in [-0.4, -0.2) is 15.7 Å². The summed E-state index contributed by atoms with van der Waals surface area (Å²) in [5, 5.41) is 13.7. The van der Waals surface area contributed by atoms with E-state index in [1.807, 2.05) is 6.07 Å². The number of H-pyrrole nitrogens is 1. The van der Waals surface area contributed by atoms with E-state index in [1.165, 1.54) is 0 Å². The van der Waals surface area contributed by atoms with Crippen molar-refractivity contribution in [1.29, 1.82) is 5.26 Å². The molecule has 7 heteroatoms. The number of aromatic amines is 1. The van der Waals surface area contributed by atoms with Gasteiger partial charge in [-0.3, -0.25) is 19.5 Å². The highest BCUT2D eigenvalue weighted by Crippen LogP contribution is 2.09. The molecule has 0 aliphatic rings. The minimum absolute atomic E-state index is 0.0415. The highest BCUT2D eigenvalue weighted by Gasteiger charge is 2.04. The first kappa shape index (κ1) is 14.3. The van der Waals surface area contributed by atoms with Crippen molar-refractivity contribution in [2.75, 3.05) is 5.32 Å². The van der Waals surface area contributed by atoms with Crippen molar-refractivity contribution in [2.45, 2.75) is 13.0 Å². The Hall–Kier alpha value is -3.14. The van der Waals surface area contributed by atoms with Gasteiger partial charge in [0.1, 0.15) is 0 Å². The van der Waals surface area contributed by atoms with Gasteiger partial charge in [-0.1, -0.05) is 0 Å². The summed E-state index contributed by atoms with van der Waals surface area (Å²) < 4.78 is 1.08. The van der Waals surface area contributed by atoms with Crippen LogP contribution in [-0.2, 0) is 11.3 Å². The Kier molecular flexibility index (Phi) is 4.31. The molecule has 106 valence electrons. The van der Waals surface area contributed by atoms with Crippen LogP contribution in [0.2, 0.25) is 0 Å². The molecule has 0 saturated heterocycles. The summed E-state index contributed by atoms with van der Waals surface area (Å²) in [6.45, 7) is 0.0804. The predicted octanol–water partition coefficient (Wildman–Crippen LogP) is 0.437. The standard InChI is InChI=1S/C14H12N4O3/c15-9-10-1-3-11(4-2-10)16-12(19)7-8-18-14(21)6-5-13(20)17-18/h1-6H,7-8H2,(H,16,19)(H,17,20). The molecule has 0 unspecified atom stereocenters. The molecule has 0 radical (unpaired) electrons. The van der Waals surface area contributed by atoms with Crippen LogP contribution in [0.3, 0.4) is 0 Å². The van der Waals surface area contributed by atoms with Gasteiger partial charge in [-0.15, -0.1) is 0 Å². The summed E-state index contributed by atoms with van der Waals surface area (Å²) in [5.74, 6) is -0.295. The quantitative estimate of drug-likeness (QED) is 0.849. The molecule has 0 saturated carbocycles. The van der Waals surface area contributed by atoms with E-state index in [0.29, 0.717) is 11.3 Å². The largest absolute Gasteiger partial charge is 0.326 e. The first-order valence-corrected chi connectivity index (χ1v) is 6.19. The van der Waals surface area contributed by atoms with E-state index < -0.39 is 5.56 Å². The third-order valence-corrected chi connectivity index (χ3v) is 2.75. The molecule has 0 atom stereocenters. The maximum atomic E-state index is 11.8. The molecule has 0 bridgehead atoms. The molecule has 1 aromatic carbocycles. The van der Waals surface area contributed by atoms with Crippen molar-refractivity contribution in [3.8, 4) is 6.07 Å². The number of nitrogens with zero attached hydrogens (tertiary/aromatic N) is 2. The van der Waals surface area contributed by atoms with E-state index >= 15 is 0 Å². The molecule has 21 heavy (non-hydrogen) atoms. The molecule has 2 aromatic rings. The normalized spacial score (nSPS) is 9.86. The summed E-state index contributed by atoms with van der Waals surface area (Å²) in [5.41, 5.74) is 0.289. The van der Waals surface area contributed by atoms with Crippen LogP contribution in [0, 0.1) is 11.3 Å². The minimum Gasteiger partial charge on any atom is -0.326 e. The molecule has 2 rings (SSSR count). The fourth-order valence-corrected chi connectivity index (χ4v) is 1.69. The number of rotatable bonds is 4. The Morgan fingerprint density at radius 1 is 1.19 bits per heavy atom. The number of hydrogen-bond donors (Lipinski definition) is 2. The van der Waals surface area contributed by atoms with E-state index in [-0.39, 0.29) is 24.4 Å². The molecule has 1 aromatic heterocycles. The van der Waals surface area contributed by atoms with Crippen molar-refractivity contribution >= 4 is 11.6 Å². The minimum atomic E-state index is -0.401. The van der Waals surface area contributed by atoms with E-state index in [9.17, 15) is 14.4 Å². The Labute approximate surface area is 119 Å². The molecular weight excluding hydrogens is 272 g/mol. The second-order valence-corrected chi connectivity index (χ2v) is 4.29. The van der Waals surface area contributed by atoms with Crippen LogP contribution >= 0.6 is 0 Å². The lowest BCUT2D eigenvalue weighted by molar-refractivity contribution is -0.116. The maximum absolute atomic E-state index is 11.8. The number of aromatic nitrogens is 2. The molecule has 0 fully saturated rings.